The van der Waals surface area contributed by atoms with Crippen LogP contribution in [-0.4, -0.2) is 0 Å². The number of hydrogen-bond donors (Lipinski definition) is 0. The summed E-state index contributed by atoms with van der Waals surface area (Å²) in [6, 6.07) is 0. The first-order valence-electron chi connectivity index (χ1n) is 1.21. The van der Waals surface area contributed by atoms with E-state index in [-0.39, 0.29) is 54.4 Å². The maximum Gasteiger partial charge on any atom is 2.00 e. The van der Waals surface area contributed by atoms with Gasteiger partial charge in [-0.25, -0.2) is 0 Å². The summed E-state index contributed by atoms with van der Waals surface area (Å²) in [6.07, 6.45) is 1.00. The summed E-state index contributed by atoms with van der Waals surface area (Å²) in [7, 11) is 0. The van der Waals surface area contributed by atoms with Crippen molar-refractivity contribution >= 4 is 0 Å². The molecule has 0 saturated heterocycles. The molecule has 0 aromatic carbocycles. The van der Waals surface area contributed by atoms with Gasteiger partial charge in [-0.05, 0) is 0 Å². The van der Waals surface area contributed by atoms with Crippen LogP contribution in [0.2, 0.25) is 0 Å². The zero-order valence-corrected chi connectivity index (χ0v) is 5.40. The average molecular weight is 231 g/mol. The van der Waals surface area contributed by atoms with Crippen molar-refractivity contribution in [3.8, 4) is 0 Å². The molecule has 0 aliphatic rings. The molecule has 0 N–H and O–H groups in total. The van der Waals surface area contributed by atoms with E-state index in [4.69, 9.17) is 0 Å². The molecule has 0 saturated carbocycles. The van der Waals surface area contributed by atoms with Crippen molar-refractivity contribution in [3.05, 3.63) is 14.4 Å². The molecule has 0 unspecified atom stereocenters. The molecule has 0 aliphatic heterocycles. The van der Waals surface area contributed by atoms with Crippen molar-refractivity contribution in [2.24, 2.45) is 0 Å². The molecule has 0 rings (SSSR count). The van der Waals surface area contributed by atoms with Gasteiger partial charge in [0, 0.05) is 0 Å². The fourth-order valence-corrected chi connectivity index (χ4v) is 0. The molecule has 0 atom stereocenters. The smallest absolute Gasteiger partial charge is 0.358 e. The quantitative estimate of drug-likeness (QED) is 0.556. The van der Waals surface area contributed by atoms with Crippen LogP contribution in [0.5, 0.6) is 0 Å². The minimum atomic E-state index is 0. The second kappa shape index (κ2) is 17.8. The van der Waals surface area contributed by atoms with Crippen LogP contribution >= 0.6 is 0 Å². The summed E-state index contributed by atoms with van der Waals surface area (Å²) in [5.74, 6) is 0. The third-order valence-corrected chi connectivity index (χ3v) is 0. The molecule has 0 heterocycles. The van der Waals surface area contributed by atoms with Crippen LogP contribution in [0.3, 0.4) is 0 Å². The van der Waals surface area contributed by atoms with E-state index in [0.29, 0.717) is 0 Å². The Morgan fingerprint density at radius 1 is 1.60 bits per heavy atom. The van der Waals surface area contributed by atoms with Crippen molar-refractivity contribution in [2.75, 3.05) is 0 Å². The SMILES string of the molecule is [CH2-]CC.[CH3-].[Yb+2]. The Balaban J connectivity index is -0.0000000200. The Hall–Kier alpha value is 1.52. The average Bonchev–Trinajstić information content (AvgIpc) is 0.918. The zero-order valence-electron chi connectivity index (χ0n) is 3.68. The van der Waals surface area contributed by atoms with Crippen LogP contribution in [0.15, 0.2) is 0 Å². The molecule has 5 heavy (non-hydrogen) atoms. The number of rotatable bonds is 0. The first-order valence-corrected chi connectivity index (χ1v) is 1.21. The molecule has 0 nitrogen and oxygen atoms in total. The van der Waals surface area contributed by atoms with Crippen molar-refractivity contribution in [1.82, 2.24) is 0 Å². The molecule has 0 amide bonds. The van der Waals surface area contributed by atoms with Crippen molar-refractivity contribution < 1.29 is 46.9 Å². The fraction of sp³-hybridized carbons (Fsp3) is 0.500. The Kier molecular flexibility index (Phi) is 57.0. The summed E-state index contributed by atoms with van der Waals surface area (Å²) >= 11 is 0. The second-order valence-electron chi connectivity index (χ2n) is 0.500. The molecule has 0 aliphatic carbocycles. The van der Waals surface area contributed by atoms with Crippen LogP contribution in [0, 0.1) is 61.3 Å². The van der Waals surface area contributed by atoms with E-state index in [1.165, 1.54) is 0 Å². The molecule has 1 heteroatoms. The summed E-state index contributed by atoms with van der Waals surface area (Å²) in [5, 5.41) is 0. The predicted octanol–water partition coefficient (Wildman–Crippen LogP) is 1.68. The molecule has 0 radical (unpaired) electrons. The summed E-state index contributed by atoms with van der Waals surface area (Å²) in [6.45, 7) is 5.50. The normalized spacial score (nSPS) is 3.60. The van der Waals surface area contributed by atoms with Gasteiger partial charge < -0.3 is 14.4 Å². The van der Waals surface area contributed by atoms with Gasteiger partial charge >= 0.3 is 46.9 Å². The molecule has 0 spiro atoms. The maximum atomic E-state index is 3.49. The first-order chi connectivity index (χ1) is 1.41. The Morgan fingerprint density at radius 2 is 1.60 bits per heavy atom. The van der Waals surface area contributed by atoms with E-state index in [9.17, 15) is 0 Å². The van der Waals surface area contributed by atoms with E-state index in [0.717, 1.165) is 6.42 Å². The molecule has 40 valence electrons. The minimum absolute atomic E-state index is 0. The Bertz CT molecular complexity index is 3.61. The summed E-state index contributed by atoms with van der Waals surface area (Å²) < 4.78 is 0. The van der Waals surface area contributed by atoms with Gasteiger partial charge in [-0.3, -0.25) is 0 Å². The summed E-state index contributed by atoms with van der Waals surface area (Å²) in [4.78, 5) is 0. The third kappa shape index (κ3) is 29.6. The van der Waals surface area contributed by atoms with Crippen LogP contribution < -0.4 is 0 Å². The van der Waals surface area contributed by atoms with E-state index >= 15 is 0 Å². The molecular weight excluding hydrogens is 221 g/mol. The van der Waals surface area contributed by atoms with Crippen molar-refractivity contribution in [1.29, 1.82) is 0 Å². The molecule has 0 aromatic heterocycles. The third-order valence-electron chi connectivity index (χ3n) is 0. The van der Waals surface area contributed by atoms with Gasteiger partial charge in [0.25, 0.3) is 0 Å². The number of hydrogen-bond acceptors (Lipinski definition) is 0. The van der Waals surface area contributed by atoms with Gasteiger partial charge in [-0.2, -0.15) is 6.42 Å². The fourth-order valence-electron chi connectivity index (χ4n) is 0. The maximum absolute atomic E-state index is 3.49. The first kappa shape index (κ1) is 16.0. The van der Waals surface area contributed by atoms with Gasteiger partial charge in [0.2, 0.25) is 0 Å². The van der Waals surface area contributed by atoms with Crippen molar-refractivity contribution in [2.45, 2.75) is 13.3 Å². The van der Waals surface area contributed by atoms with Crippen LogP contribution in [0.4, 0.5) is 0 Å². The van der Waals surface area contributed by atoms with Crippen LogP contribution in [0.1, 0.15) is 13.3 Å². The Morgan fingerprint density at radius 3 is 1.60 bits per heavy atom. The van der Waals surface area contributed by atoms with Crippen LogP contribution in [0.25, 0.3) is 0 Å². The largest absolute Gasteiger partial charge is 2.00 e. The van der Waals surface area contributed by atoms with Crippen LogP contribution in [-0.2, 0) is 0 Å². The Labute approximate surface area is 73.6 Å². The van der Waals surface area contributed by atoms with Crippen molar-refractivity contribution in [3.63, 3.8) is 0 Å². The zero-order chi connectivity index (χ0) is 2.71. The molecular formula is C4H10Yb. The summed E-state index contributed by atoms with van der Waals surface area (Å²) in [5.41, 5.74) is 0. The molecule has 0 aromatic rings. The van der Waals surface area contributed by atoms with Gasteiger partial charge in [-0.15, -0.1) is 0 Å². The monoisotopic (exact) mass is 232 g/mol. The van der Waals surface area contributed by atoms with E-state index in [1.807, 2.05) is 6.92 Å². The second-order valence-corrected chi connectivity index (χ2v) is 0.500. The van der Waals surface area contributed by atoms with Gasteiger partial charge in [0.1, 0.15) is 0 Å². The molecule has 0 bridgehead atoms. The topological polar surface area (TPSA) is 0 Å². The van der Waals surface area contributed by atoms with Gasteiger partial charge in [0.05, 0.1) is 0 Å². The minimum Gasteiger partial charge on any atom is -0.358 e. The standard InChI is InChI=1S/C3H7.CH3.Yb/c1-3-2;;/h1,3H2,2H3;1H3;/q2*-1;+2. The van der Waals surface area contributed by atoms with Gasteiger partial charge in [0.15, 0.2) is 0 Å². The molecule has 0 fully saturated rings. The van der Waals surface area contributed by atoms with Gasteiger partial charge in [-0.1, -0.05) is 6.92 Å². The van der Waals surface area contributed by atoms with E-state index in [1.54, 1.807) is 0 Å². The van der Waals surface area contributed by atoms with E-state index in [2.05, 4.69) is 6.92 Å². The predicted molar refractivity (Wildman–Crippen MR) is 22.1 cm³/mol. The van der Waals surface area contributed by atoms with E-state index < -0.39 is 0 Å².